The molecule has 0 saturated carbocycles. The van der Waals surface area contributed by atoms with Crippen LogP contribution in [0.4, 0.5) is 0 Å². The molecular formula is C32H24O. The average Bonchev–Trinajstić information content (AvgIpc) is 3.33. The van der Waals surface area contributed by atoms with Crippen molar-refractivity contribution in [3.05, 3.63) is 119 Å². The molecule has 0 N–H and O–H groups in total. The van der Waals surface area contributed by atoms with Gasteiger partial charge in [0.05, 0.1) is 0 Å². The second kappa shape index (κ2) is 6.59. The minimum atomic E-state index is 0.0349. The van der Waals surface area contributed by atoms with Gasteiger partial charge < -0.3 is 4.42 Å². The monoisotopic (exact) mass is 424 g/mol. The number of para-hydroxylation sites is 1. The fraction of sp³-hybridized carbons (Fsp3) is 0.125. The van der Waals surface area contributed by atoms with Crippen LogP contribution in [-0.2, 0) is 11.8 Å². The molecule has 1 heteroatoms. The van der Waals surface area contributed by atoms with Crippen molar-refractivity contribution in [3.8, 4) is 11.1 Å². The zero-order chi connectivity index (χ0) is 22.2. The first-order valence-electron chi connectivity index (χ1n) is 11.7. The first kappa shape index (κ1) is 18.7. The van der Waals surface area contributed by atoms with Gasteiger partial charge in [-0.25, -0.2) is 0 Å². The second-order valence-electron chi connectivity index (χ2n) is 9.78. The van der Waals surface area contributed by atoms with Crippen LogP contribution >= 0.6 is 0 Å². The number of fused-ring (bicyclic) bond motifs is 8. The topological polar surface area (TPSA) is 13.1 Å². The zero-order valence-electron chi connectivity index (χ0n) is 18.9. The first-order chi connectivity index (χ1) is 16.1. The van der Waals surface area contributed by atoms with E-state index in [0.717, 1.165) is 17.6 Å². The fourth-order valence-electron chi connectivity index (χ4n) is 5.90. The summed E-state index contributed by atoms with van der Waals surface area (Å²) in [6.07, 6.45) is 0.912. The Balaban J connectivity index is 1.42. The summed E-state index contributed by atoms with van der Waals surface area (Å²) in [5.41, 5.74) is 10.3. The van der Waals surface area contributed by atoms with Crippen molar-refractivity contribution in [1.29, 1.82) is 0 Å². The Kier molecular flexibility index (Phi) is 3.73. The maximum Gasteiger partial charge on any atom is 0.136 e. The fourth-order valence-corrected chi connectivity index (χ4v) is 5.90. The van der Waals surface area contributed by atoms with Gasteiger partial charge in [-0.15, -0.1) is 0 Å². The summed E-state index contributed by atoms with van der Waals surface area (Å²) in [6.45, 7) is 4.69. The third-order valence-corrected chi connectivity index (χ3v) is 7.51. The summed E-state index contributed by atoms with van der Waals surface area (Å²) in [7, 11) is 0. The number of rotatable bonds is 2. The predicted octanol–water partition coefficient (Wildman–Crippen LogP) is 8.64. The SMILES string of the molecule is CC1(C)c2ccccc2-c2c(Cc3ccc4ccc5oc6ccccc6c5c4c3)cccc21. The lowest BCUT2D eigenvalue weighted by Gasteiger charge is -2.21. The van der Waals surface area contributed by atoms with Crippen molar-refractivity contribution >= 4 is 32.7 Å². The van der Waals surface area contributed by atoms with Gasteiger partial charge in [0.25, 0.3) is 0 Å². The molecule has 158 valence electrons. The number of hydrogen-bond donors (Lipinski definition) is 0. The Labute approximate surface area is 193 Å². The molecule has 0 saturated heterocycles. The largest absolute Gasteiger partial charge is 0.456 e. The molecule has 1 aliphatic carbocycles. The third-order valence-electron chi connectivity index (χ3n) is 7.51. The number of benzene rings is 5. The quantitative estimate of drug-likeness (QED) is 0.271. The molecule has 1 aromatic heterocycles. The standard InChI is InChI=1S/C32H24O/c1-32(2)26-11-5-3-9-23(26)30-22(8-7-12-27(30)32)18-20-14-15-21-16-17-29-31(25(21)19-20)24-10-4-6-13-28(24)33-29/h3-17,19H,18H2,1-2H3. The third kappa shape index (κ3) is 2.60. The molecule has 0 unspecified atom stereocenters. The molecular weight excluding hydrogens is 400 g/mol. The van der Waals surface area contributed by atoms with Gasteiger partial charge in [-0.2, -0.15) is 0 Å². The highest BCUT2D eigenvalue weighted by molar-refractivity contribution is 6.18. The van der Waals surface area contributed by atoms with Crippen LogP contribution in [0.2, 0.25) is 0 Å². The molecule has 33 heavy (non-hydrogen) atoms. The van der Waals surface area contributed by atoms with Gasteiger partial charge in [-0.1, -0.05) is 98.8 Å². The Morgan fingerprint density at radius 3 is 2.39 bits per heavy atom. The molecule has 1 heterocycles. The molecule has 0 bridgehead atoms. The predicted molar refractivity (Wildman–Crippen MR) is 138 cm³/mol. The number of furan rings is 1. The Morgan fingerprint density at radius 1 is 0.667 bits per heavy atom. The first-order valence-corrected chi connectivity index (χ1v) is 11.7. The summed E-state index contributed by atoms with van der Waals surface area (Å²) in [4.78, 5) is 0. The van der Waals surface area contributed by atoms with Gasteiger partial charge in [0.1, 0.15) is 11.2 Å². The summed E-state index contributed by atoms with van der Waals surface area (Å²) in [6, 6.07) is 35.2. The second-order valence-corrected chi connectivity index (χ2v) is 9.78. The van der Waals surface area contributed by atoms with Crippen LogP contribution in [0.25, 0.3) is 43.8 Å². The molecule has 1 nitrogen and oxygen atoms in total. The van der Waals surface area contributed by atoms with E-state index in [1.165, 1.54) is 54.9 Å². The maximum absolute atomic E-state index is 6.14. The summed E-state index contributed by atoms with van der Waals surface area (Å²) >= 11 is 0. The van der Waals surface area contributed by atoms with E-state index in [0.29, 0.717) is 0 Å². The smallest absolute Gasteiger partial charge is 0.136 e. The lowest BCUT2D eigenvalue weighted by atomic mass is 9.82. The molecule has 0 spiro atoms. The number of hydrogen-bond acceptors (Lipinski definition) is 1. The van der Waals surface area contributed by atoms with Crippen molar-refractivity contribution in [3.63, 3.8) is 0 Å². The van der Waals surface area contributed by atoms with Crippen LogP contribution in [0.15, 0.2) is 101 Å². The van der Waals surface area contributed by atoms with Crippen molar-refractivity contribution in [2.24, 2.45) is 0 Å². The van der Waals surface area contributed by atoms with E-state index in [9.17, 15) is 0 Å². The van der Waals surface area contributed by atoms with Gasteiger partial charge >= 0.3 is 0 Å². The van der Waals surface area contributed by atoms with Crippen molar-refractivity contribution in [2.75, 3.05) is 0 Å². The van der Waals surface area contributed by atoms with Crippen LogP contribution in [0.3, 0.4) is 0 Å². The highest BCUT2D eigenvalue weighted by Gasteiger charge is 2.36. The molecule has 5 aromatic carbocycles. The van der Waals surface area contributed by atoms with E-state index in [4.69, 9.17) is 4.42 Å². The molecule has 0 atom stereocenters. The zero-order valence-corrected chi connectivity index (χ0v) is 18.9. The van der Waals surface area contributed by atoms with Crippen molar-refractivity contribution < 1.29 is 4.42 Å². The normalized spacial score (nSPS) is 14.1. The van der Waals surface area contributed by atoms with Gasteiger partial charge in [0.2, 0.25) is 0 Å². The molecule has 0 radical (unpaired) electrons. The summed E-state index contributed by atoms with van der Waals surface area (Å²) < 4.78 is 6.14. The average molecular weight is 425 g/mol. The van der Waals surface area contributed by atoms with Crippen LogP contribution in [0.1, 0.15) is 36.1 Å². The van der Waals surface area contributed by atoms with E-state index in [-0.39, 0.29) is 5.41 Å². The summed E-state index contributed by atoms with van der Waals surface area (Å²) in [5.74, 6) is 0. The van der Waals surface area contributed by atoms with Gasteiger partial charge in [0.15, 0.2) is 0 Å². The summed E-state index contributed by atoms with van der Waals surface area (Å²) in [5, 5.41) is 4.92. The Hall–Kier alpha value is -3.84. The van der Waals surface area contributed by atoms with Crippen LogP contribution < -0.4 is 0 Å². The van der Waals surface area contributed by atoms with E-state index >= 15 is 0 Å². The molecule has 0 aliphatic heterocycles. The highest BCUT2D eigenvalue weighted by Crippen LogP contribution is 2.50. The molecule has 6 aromatic rings. The van der Waals surface area contributed by atoms with Gasteiger partial charge in [-0.3, -0.25) is 0 Å². The van der Waals surface area contributed by atoms with E-state index in [2.05, 4.69) is 105 Å². The highest BCUT2D eigenvalue weighted by atomic mass is 16.3. The molecule has 0 fully saturated rings. The lowest BCUT2D eigenvalue weighted by Crippen LogP contribution is -2.14. The van der Waals surface area contributed by atoms with E-state index < -0.39 is 0 Å². The van der Waals surface area contributed by atoms with Crippen molar-refractivity contribution in [1.82, 2.24) is 0 Å². The van der Waals surface area contributed by atoms with Crippen LogP contribution in [0, 0.1) is 0 Å². The Bertz CT molecular complexity index is 1710. The van der Waals surface area contributed by atoms with Crippen molar-refractivity contribution in [2.45, 2.75) is 25.7 Å². The lowest BCUT2D eigenvalue weighted by molar-refractivity contribution is 0.660. The minimum Gasteiger partial charge on any atom is -0.456 e. The van der Waals surface area contributed by atoms with E-state index in [1.807, 2.05) is 6.07 Å². The van der Waals surface area contributed by atoms with Gasteiger partial charge in [-0.05, 0) is 62.7 Å². The molecule has 7 rings (SSSR count). The van der Waals surface area contributed by atoms with E-state index in [1.54, 1.807) is 0 Å². The van der Waals surface area contributed by atoms with Crippen LogP contribution in [-0.4, -0.2) is 0 Å². The van der Waals surface area contributed by atoms with Gasteiger partial charge in [0, 0.05) is 16.2 Å². The maximum atomic E-state index is 6.14. The Morgan fingerprint density at radius 2 is 1.45 bits per heavy atom. The molecule has 0 amide bonds. The molecule has 1 aliphatic rings. The van der Waals surface area contributed by atoms with Crippen LogP contribution in [0.5, 0.6) is 0 Å². The minimum absolute atomic E-state index is 0.0349.